The maximum atomic E-state index is 12.1. The number of aryl methyl sites for hydroxylation is 1. The number of nitrogens with zero attached hydrogens (tertiary/aromatic N) is 2. The van der Waals surface area contributed by atoms with Gasteiger partial charge in [-0.1, -0.05) is 12.1 Å². The van der Waals surface area contributed by atoms with E-state index in [9.17, 15) is 9.59 Å². The normalized spacial score (nSPS) is 14.2. The molecule has 1 aliphatic rings. The van der Waals surface area contributed by atoms with Gasteiger partial charge in [0.25, 0.3) is 0 Å². The van der Waals surface area contributed by atoms with Gasteiger partial charge in [0.05, 0.1) is 6.54 Å². The number of likely N-dealkylation sites (N-methyl/N-ethyl adjacent to an activating group) is 1. The molecule has 1 aliphatic heterocycles. The van der Waals surface area contributed by atoms with E-state index < -0.39 is 0 Å². The number of nitrogens with two attached hydrogens (primary N) is 1. The predicted octanol–water partition coefficient (Wildman–Crippen LogP) is 1.28. The molecule has 21 heavy (non-hydrogen) atoms. The lowest BCUT2D eigenvalue weighted by atomic mass is 10.1. The average Bonchev–Trinajstić information content (AvgIpc) is 2.99. The van der Waals surface area contributed by atoms with Gasteiger partial charge in [-0.3, -0.25) is 9.59 Å². The van der Waals surface area contributed by atoms with Crippen molar-refractivity contribution in [1.82, 2.24) is 9.80 Å². The first-order chi connectivity index (χ1) is 10.1. The molecule has 5 heteroatoms. The maximum Gasteiger partial charge on any atom is 0.242 e. The first kappa shape index (κ1) is 15.4. The third-order valence-electron chi connectivity index (χ3n) is 3.84. The van der Waals surface area contributed by atoms with Crippen molar-refractivity contribution in [3.8, 4) is 0 Å². The van der Waals surface area contributed by atoms with Gasteiger partial charge in [-0.2, -0.15) is 0 Å². The highest BCUT2D eigenvalue weighted by atomic mass is 16.2. The number of rotatable bonds is 5. The van der Waals surface area contributed by atoms with E-state index in [4.69, 9.17) is 5.73 Å². The number of hydrogen-bond donors (Lipinski definition) is 1. The average molecular weight is 289 g/mol. The van der Waals surface area contributed by atoms with Gasteiger partial charge >= 0.3 is 0 Å². The van der Waals surface area contributed by atoms with Crippen molar-refractivity contribution in [2.75, 3.05) is 32.4 Å². The summed E-state index contributed by atoms with van der Waals surface area (Å²) in [6.45, 7) is 1.82. The van der Waals surface area contributed by atoms with Crippen molar-refractivity contribution in [3.05, 3.63) is 29.8 Å². The SMILES string of the molecule is CN(CC(=O)N1CCCC1)C(=O)CCc1cccc(N)c1. The van der Waals surface area contributed by atoms with Crippen LogP contribution in [0.1, 0.15) is 24.8 Å². The smallest absolute Gasteiger partial charge is 0.242 e. The van der Waals surface area contributed by atoms with Crippen molar-refractivity contribution in [1.29, 1.82) is 0 Å². The molecular weight excluding hydrogens is 266 g/mol. The van der Waals surface area contributed by atoms with Gasteiger partial charge in [-0.15, -0.1) is 0 Å². The highest BCUT2D eigenvalue weighted by Gasteiger charge is 2.20. The molecule has 5 nitrogen and oxygen atoms in total. The zero-order valence-electron chi connectivity index (χ0n) is 12.5. The summed E-state index contributed by atoms with van der Waals surface area (Å²) in [5.41, 5.74) is 7.47. The Bertz CT molecular complexity index is 510. The molecule has 0 spiro atoms. The lowest BCUT2D eigenvalue weighted by Gasteiger charge is -2.21. The molecule has 114 valence electrons. The second-order valence-corrected chi connectivity index (χ2v) is 5.58. The van der Waals surface area contributed by atoms with Crippen LogP contribution in [0.5, 0.6) is 0 Å². The van der Waals surface area contributed by atoms with Gasteiger partial charge < -0.3 is 15.5 Å². The van der Waals surface area contributed by atoms with E-state index in [1.165, 1.54) is 4.90 Å². The Hall–Kier alpha value is -2.04. The number of carbonyl (C=O) groups excluding carboxylic acids is 2. The first-order valence-electron chi connectivity index (χ1n) is 7.42. The van der Waals surface area contributed by atoms with Crippen molar-refractivity contribution in [2.45, 2.75) is 25.7 Å². The number of carbonyl (C=O) groups is 2. The molecule has 0 saturated carbocycles. The molecule has 0 aliphatic carbocycles. The van der Waals surface area contributed by atoms with Crippen LogP contribution in [0.3, 0.4) is 0 Å². The Labute approximate surface area is 125 Å². The molecule has 0 aromatic heterocycles. The van der Waals surface area contributed by atoms with Crippen LogP contribution in [0, 0.1) is 0 Å². The van der Waals surface area contributed by atoms with E-state index in [1.807, 2.05) is 29.2 Å². The molecule has 0 bridgehead atoms. The summed E-state index contributed by atoms with van der Waals surface area (Å²) in [5.74, 6) is 0.0391. The van der Waals surface area contributed by atoms with E-state index in [0.717, 1.165) is 31.5 Å². The summed E-state index contributed by atoms with van der Waals surface area (Å²) in [4.78, 5) is 27.4. The van der Waals surface area contributed by atoms with Crippen LogP contribution in [0.15, 0.2) is 24.3 Å². The van der Waals surface area contributed by atoms with E-state index in [2.05, 4.69) is 0 Å². The Kier molecular flexibility index (Phi) is 5.20. The Balaban J connectivity index is 1.78. The monoisotopic (exact) mass is 289 g/mol. The molecule has 0 unspecified atom stereocenters. The molecule has 1 heterocycles. The third kappa shape index (κ3) is 4.48. The quantitative estimate of drug-likeness (QED) is 0.830. The largest absolute Gasteiger partial charge is 0.399 e. The second kappa shape index (κ2) is 7.11. The van der Waals surface area contributed by atoms with Crippen LogP contribution in [0.4, 0.5) is 5.69 Å². The fourth-order valence-corrected chi connectivity index (χ4v) is 2.55. The van der Waals surface area contributed by atoms with Crippen molar-refractivity contribution in [3.63, 3.8) is 0 Å². The highest BCUT2D eigenvalue weighted by molar-refractivity contribution is 5.84. The lowest BCUT2D eigenvalue weighted by Crippen LogP contribution is -2.39. The number of likely N-dealkylation sites (tertiary alicyclic amines) is 1. The molecule has 2 amide bonds. The van der Waals surface area contributed by atoms with Crippen LogP contribution in [0.2, 0.25) is 0 Å². The van der Waals surface area contributed by atoms with E-state index >= 15 is 0 Å². The molecular formula is C16H23N3O2. The number of anilines is 1. The van der Waals surface area contributed by atoms with Gasteiger partial charge in [0.1, 0.15) is 0 Å². The van der Waals surface area contributed by atoms with Crippen LogP contribution < -0.4 is 5.73 Å². The summed E-state index contributed by atoms with van der Waals surface area (Å²) in [6, 6.07) is 7.55. The van der Waals surface area contributed by atoms with Gasteiger partial charge in [0.2, 0.25) is 11.8 Å². The summed E-state index contributed by atoms with van der Waals surface area (Å²) in [7, 11) is 1.69. The molecule has 1 aromatic carbocycles. The summed E-state index contributed by atoms with van der Waals surface area (Å²) in [5, 5.41) is 0. The van der Waals surface area contributed by atoms with E-state index in [0.29, 0.717) is 18.5 Å². The van der Waals surface area contributed by atoms with Crippen LogP contribution in [-0.2, 0) is 16.0 Å². The summed E-state index contributed by atoms with van der Waals surface area (Å²) >= 11 is 0. The Morgan fingerprint density at radius 2 is 2.00 bits per heavy atom. The minimum Gasteiger partial charge on any atom is -0.399 e. The van der Waals surface area contributed by atoms with Gasteiger partial charge in [0.15, 0.2) is 0 Å². The van der Waals surface area contributed by atoms with Crippen LogP contribution in [0.25, 0.3) is 0 Å². The molecule has 0 radical (unpaired) electrons. The fourth-order valence-electron chi connectivity index (χ4n) is 2.55. The molecule has 2 rings (SSSR count). The van der Waals surface area contributed by atoms with Gasteiger partial charge in [0, 0.05) is 32.2 Å². The van der Waals surface area contributed by atoms with Crippen LogP contribution in [-0.4, -0.2) is 48.3 Å². The maximum absolute atomic E-state index is 12.1. The molecule has 1 aromatic rings. The second-order valence-electron chi connectivity index (χ2n) is 5.58. The minimum atomic E-state index is -0.00929. The van der Waals surface area contributed by atoms with E-state index in [1.54, 1.807) is 7.05 Å². The topological polar surface area (TPSA) is 66.6 Å². The first-order valence-corrected chi connectivity index (χ1v) is 7.42. The zero-order chi connectivity index (χ0) is 15.2. The summed E-state index contributed by atoms with van der Waals surface area (Å²) in [6.07, 6.45) is 3.18. The highest BCUT2D eigenvalue weighted by Crippen LogP contribution is 2.10. The number of nitrogen functional groups attached to an aromatic ring is 1. The molecule has 0 atom stereocenters. The van der Waals surface area contributed by atoms with Crippen molar-refractivity contribution in [2.24, 2.45) is 0 Å². The lowest BCUT2D eigenvalue weighted by molar-refractivity contribution is -0.138. The van der Waals surface area contributed by atoms with Gasteiger partial charge in [-0.25, -0.2) is 0 Å². The third-order valence-corrected chi connectivity index (χ3v) is 3.84. The number of amides is 2. The van der Waals surface area contributed by atoms with Gasteiger partial charge in [-0.05, 0) is 37.0 Å². The fraction of sp³-hybridized carbons (Fsp3) is 0.500. The Morgan fingerprint density at radius 3 is 2.67 bits per heavy atom. The standard InChI is InChI=1S/C16H23N3O2/c1-18(12-16(21)19-9-2-3-10-19)15(20)8-7-13-5-4-6-14(17)11-13/h4-6,11H,2-3,7-10,12,17H2,1H3. The van der Waals surface area contributed by atoms with Crippen molar-refractivity contribution < 1.29 is 9.59 Å². The predicted molar refractivity (Wildman–Crippen MR) is 82.6 cm³/mol. The summed E-state index contributed by atoms with van der Waals surface area (Å²) < 4.78 is 0. The number of benzene rings is 1. The van der Waals surface area contributed by atoms with E-state index in [-0.39, 0.29) is 18.4 Å². The molecule has 1 fully saturated rings. The van der Waals surface area contributed by atoms with Crippen LogP contribution >= 0.6 is 0 Å². The Morgan fingerprint density at radius 1 is 1.29 bits per heavy atom. The molecule has 1 saturated heterocycles. The molecule has 2 N–H and O–H groups in total. The zero-order valence-corrected chi connectivity index (χ0v) is 12.5. The minimum absolute atomic E-state index is 0.00929. The number of hydrogen-bond acceptors (Lipinski definition) is 3. The van der Waals surface area contributed by atoms with Crippen molar-refractivity contribution >= 4 is 17.5 Å².